The fraction of sp³-hybridized carbons (Fsp3) is 0.750. The van der Waals surface area contributed by atoms with E-state index < -0.39 is 10.0 Å². The summed E-state index contributed by atoms with van der Waals surface area (Å²) >= 11 is 1.50. The van der Waals surface area contributed by atoms with Crippen molar-refractivity contribution in [3.05, 3.63) is 15.6 Å². The summed E-state index contributed by atoms with van der Waals surface area (Å²) in [5.41, 5.74) is 0.812. The molecule has 2 rings (SSSR count). The highest BCUT2D eigenvalue weighted by atomic mass is 32.2. The van der Waals surface area contributed by atoms with Gasteiger partial charge in [-0.2, -0.15) is 0 Å². The van der Waals surface area contributed by atoms with E-state index in [1.165, 1.54) is 21.9 Å². The number of hydrogen-bond acceptors (Lipinski definition) is 5. The topological polar surface area (TPSA) is 70.6 Å². The first-order valence-electron chi connectivity index (χ1n) is 8.42. The van der Waals surface area contributed by atoms with E-state index in [9.17, 15) is 13.2 Å². The molecule has 0 aromatic carbocycles. The molecule has 1 saturated heterocycles. The minimum atomic E-state index is -3.18. The number of piperidine rings is 1. The summed E-state index contributed by atoms with van der Waals surface area (Å²) in [6, 6.07) is -0.0216. The van der Waals surface area contributed by atoms with E-state index in [0.29, 0.717) is 25.9 Å². The van der Waals surface area contributed by atoms with Crippen LogP contribution in [0.4, 0.5) is 0 Å². The summed E-state index contributed by atoms with van der Waals surface area (Å²) < 4.78 is 24.7. The summed E-state index contributed by atoms with van der Waals surface area (Å²) in [4.78, 5) is 19.8. The monoisotopic (exact) mass is 373 g/mol. The summed E-state index contributed by atoms with van der Waals surface area (Å²) in [5.74, 6) is 0.0354. The van der Waals surface area contributed by atoms with Gasteiger partial charge >= 0.3 is 0 Å². The molecule has 8 heteroatoms. The van der Waals surface area contributed by atoms with Gasteiger partial charge in [0.2, 0.25) is 10.0 Å². The van der Waals surface area contributed by atoms with Gasteiger partial charge in [0.25, 0.3) is 5.91 Å². The van der Waals surface area contributed by atoms with Crippen LogP contribution in [-0.2, 0) is 16.4 Å². The third-order valence-corrected chi connectivity index (χ3v) is 7.12. The van der Waals surface area contributed by atoms with Gasteiger partial charge < -0.3 is 4.90 Å². The summed E-state index contributed by atoms with van der Waals surface area (Å²) in [6.07, 6.45) is 5.71. The Bertz CT molecular complexity index is 677. The van der Waals surface area contributed by atoms with Crippen molar-refractivity contribution in [2.24, 2.45) is 0 Å². The van der Waals surface area contributed by atoms with Crippen molar-refractivity contribution in [2.75, 3.05) is 26.4 Å². The zero-order valence-electron chi connectivity index (χ0n) is 14.9. The van der Waals surface area contributed by atoms with Crippen LogP contribution in [0.2, 0.25) is 0 Å². The van der Waals surface area contributed by atoms with Crippen LogP contribution >= 0.6 is 11.3 Å². The second-order valence-electron chi connectivity index (χ2n) is 6.43. The van der Waals surface area contributed by atoms with Crippen molar-refractivity contribution < 1.29 is 13.2 Å². The normalized spacial score (nSPS) is 16.8. The first kappa shape index (κ1) is 19.3. The van der Waals surface area contributed by atoms with E-state index in [-0.39, 0.29) is 11.9 Å². The number of aromatic nitrogens is 1. The number of nitrogens with zero attached hydrogens (tertiary/aromatic N) is 3. The van der Waals surface area contributed by atoms with Gasteiger partial charge in [-0.15, -0.1) is 11.3 Å². The average molecular weight is 374 g/mol. The molecule has 1 aromatic rings. The predicted octanol–water partition coefficient (Wildman–Crippen LogP) is 2.29. The quantitative estimate of drug-likeness (QED) is 0.767. The molecule has 136 valence electrons. The van der Waals surface area contributed by atoms with Gasteiger partial charge in [0.1, 0.15) is 4.88 Å². The number of thiazole rings is 1. The first-order valence-corrected chi connectivity index (χ1v) is 11.1. The number of carbonyl (C=O) groups excluding carboxylic acids is 1. The van der Waals surface area contributed by atoms with E-state index in [1.54, 1.807) is 7.05 Å². The zero-order chi connectivity index (χ0) is 17.9. The molecule has 0 spiro atoms. The van der Waals surface area contributed by atoms with Crippen molar-refractivity contribution in [3.8, 4) is 0 Å². The third kappa shape index (κ3) is 4.55. The van der Waals surface area contributed by atoms with Crippen LogP contribution in [-0.4, -0.2) is 60.9 Å². The lowest BCUT2D eigenvalue weighted by molar-refractivity contribution is 0.0690. The second kappa shape index (κ2) is 7.93. The molecule has 1 aliphatic heterocycles. The third-order valence-electron chi connectivity index (χ3n) is 4.57. The van der Waals surface area contributed by atoms with Crippen molar-refractivity contribution in [3.63, 3.8) is 0 Å². The maximum atomic E-state index is 12.7. The molecule has 1 aliphatic rings. The van der Waals surface area contributed by atoms with Crippen molar-refractivity contribution in [1.82, 2.24) is 14.2 Å². The summed E-state index contributed by atoms with van der Waals surface area (Å²) in [5, 5.41) is 1.03. The average Bonchev–Trinajstić information content (AvgIpc) is 2.91. The van der Waals surface area contributed by atoms with Crippen molar-refractivity contribution >= 4 is 27.3 Å². The number of unbranched alkanes of at least 4 members (excludes halogenated alkanes) is 1. The Hall–Kier alpha value is -0.990. The predicted molar refractivity (Wildman–Crippen MR) is 97.0 cm³/mol. The van der Waals surface area contributed by atoms with Crippen LogP contribution in [0.3, 0.4) is 0 Å². The number of aryl methyl sites for hydroxylation is 2. The van der Waals surface area contributed by atoms with Crippen LogP contribution in [0.5, 0.6) is 0 Å². The summed E-state index contributed by atoms with van der Waals surface area (Å²) in [7, 11) is -1.57. The molecular formula is C16H27N3O3S2. The maximum absolute atomic E-state index is 12.7. The number of carbonyl (C=O) groups is 1. The minimum absolute atomic E-state index is 0.0216. The van der Waals surface area contributed by atoms with Crippen molar-refractivity contribution in [2.45, 2.75) is 52.0 Å². The Morgan fingerprint density at radius 2 is 2.00 bits per heavy atom. The Kier molecular flexibility index (Phi) is 6.39. The molecule has 0 radical (unpaired) electrons. The standard InChI is InChI=1S/C16H27N3O3S2/c1-5-6-7-14-17-12(2)15(23-14)16(20)19-10-8-13(9-11-19)18(3)24(4,21)22/h13H,5-11H2,1-4H3. The highest BCUT2D eigenvalue weighted by Gasteiger charge is 2.30. The lowest BCUT2D eigenvalue weighted by Gasteiger charge is -2.35. The Labute approximate surface area is 148 Å². The van der Waals surface area contributed by atoms with Gasteiger partial charge in [-0.05, 0) is 32.6 Å². The highest BCUT2D eigenvalue weighted by molar-refractivity contribution is 7.88. The van der Waals surface area contributed by atoms with Crippen LogP contribution < -0.4 is 0 Å². The highest BCUT2D eigenvalue weighted by Crippen LogP contribution is 2.24. The molecule has 6 nitrogen and oxygen atoms in total. The molecule has 0 unspecified atom stereocenters. The molecule has 1 fully saturated rings. The van der Waals surface area contributed by atoms with E-state index in [1.807, 2.05) is 11.8 Å². The van der Waals surface area contributed by atoms with Crippen LogP contribution in [0, 0.1) is 6.92 Å². The smallest absolute Gasteiger partial charge is 0.265 e. The molecule has 1 amide bonds. The van der Waals surface area contributed by atoms with E-state index in [4.69, 9.17) is 0 Å². The molecule has 0 N–H and O–H groups in total. The number of sulfonamides is 1. The van der Waals surface area contributed by atoms with E-state index in [0.717, 1.165) is 34.8 Å². The van der Waals surface area contributed by atoms with Gasteiger partial charge in [0, 0.05) is 26.2 Å². The van der Waals surface area contributed by atoms with Gasteiger partial charge in [-0.1, -0.05) is 13.3 Å². The second-order valence-corrected chi connectivity index (χ2v) is 9.55. The first-order chi connectivity index (χ1) is 11.2. The molecule has 1 aromatic heterocycles. The van der Waals surface area contributed by atoms with Gasteiger partial charge in [-0.3, -0.25) is 4.79 Å². The molecule has 0 saturated carbocycles. The lowest BCUT2D eigenvalue weighted by Crippen LogP contribution is -2.47. The van der Waals surface area contributed by atoms with Gasteiger partial charge in [0.15, 0.2) is 0 Å². The number of amides is 1. The van der Waals surface area contributed by atoms with E-state index in [2.05, 4.69) is 11.9 Å². The minimum Gasteiger partial charge on any atom is -0.338 e. The lowest BCUT2D eigenvalue weighted by atomic mass is 10.1. The van der Waals surface area contributed by atoms with Crippen LogP contribution in [0.25, 0.3) is 0 Å². The van der Waals surface area contributed by atoms with Crippen LogP contribution in [0.1, 0.15) is 53.0 Å². The Morgan fingerprint density at radius 1 is 1.38 bits per heavy atom. The Morgan fingerprint density at radius 3 is 2.54 bits per heavy atom. The maximum Gasteiger partial charge on any atom is 0.265 e. The molecule has 0 bridgehead atoms. The number of rotatable bonds is 6. The van der Waals surface area contributed by atoms with Crippen LogP contribution in [0.15, 0.2) is 0 Å². The number of hydrogen-bond donors (Lipinski definition) is 0. The molecular weight excluding hydrogens is 346 g/mol. The fourth-order valence-corrected chi connectivity index (χ4v) is 4.76. The molecule has 24 heavy (non-hydrogen) atoms. The molecule has 0 aliphatic carbocycles. The SMILES string of the molecule is CCCCc1nc(C)c(C(=O)N2CCC(N(C)S(C)(=O)=O)CC2)s1. The number of likely N-dealkylation sites (tertiary alicyclic amines) is 1. The summed E-state index contributed by atoms with van der Waals surface area (Å²) in [6.45, 7) is 5.21. The van der Waals surface area contributed by atoms with Crippen molar-refractivity contribution in [1.29, 1.82) is 0 Å². The molecule has 0 atom stereocenters. The fourth-order valence-electron chi connectivity index (χ4n) is 2.93. The zero-order valence-corrected chi connectivity index (χ0v) is 16.5. The van der Waals surface area contributed by atoms with E-state index >= 15 is 0 Å². The van der Waals surface area contributed by atoms with Gasteiger partial charge in [0.05, 0.1) is 17.0 Å². The largest absolute Gasteiger partial charge is 0.338 e. The van der Waals surface area contributed by atoms with Gasteiger partial charge in [-0.25, -0.2) is 17.7 Å². The Balaban J connectivity index is 1.99. The molecule has 2 heterocycles.